The van der Waals surface area contributed by atoms with Crippen LogP contribution in [0.5, 0.6) is 0 Å². The van der Waals surface area contributed by atoms with Crippen LogP contribution in [0.15, 0.2) is 89.8 Å². The van der Waals surface area contributed by atoms with E-state index in [1.165, 1.54) is 28.6 Å². The van der Waals surface area contributed by atoms with Gasteiger partial charge in [-0.3, -0.25) is 4.79 Å². The lowest BCUT2D eigenvalue weighted by atomic mass is 9.99. The van der Waals surface area contributed by atoms with E-state index in [1.807, 2.05) is 60.7 Å². The van der Waals surface area contributed by atoms with Crippen molar-refractivity contribution in [3.05, 3.63) is 102 Å². The van der Waals surface area contributed by atoms with Gasteiger partial charge in [-0.2, -0.15) is 4.31 Å². The fourth-order valence-corrected chi connectivity index (χ4v) is 5.24. The summed E-state index contributed by atoms with van der Waals surface area (Å²) in [6, 6.07) is 24.2. The van der Waals surface area contributed by atoms with Gasteiger partial charge >= 0.3 is 5.97 Å². The number of nitrogens with zero attached hydrogens (tertiary/aromatic N) is 1. The van der Waals surface area contributed by atoms with Crippen molar-refractivity contribution < 1.29 is 27.5 Å². The molecule has 0 unspecified atom stereocenters. The summed E-state index contributed by atoms with van der Waals surface area (Å²) in [6.07, 6.45) is 0. The average molecular weight is 495 g/mol. The number of benzene rings is 3. The monoisotopic (exact) mass is 494 g/mol. The Kier molecular flexibility index (Phi) is 7.91. The van der Waals surface area contributed by atoms with E-state index in [-0.39, 0.29) is 23.5 Å². The van der Waals surface area contributed by atoms with Crippen LogP contribution in [0.25, 0.3) is 0 Å². The van der Waals surface area contributed by atoms with Crippen LogP contribution >= 0.6 is 0 Å². The van der Waals surface area contributed by atoms with Crippen LogP contribution < -0.4 is 5.32 Å². The molecule has 4 rings (SSSR count). The van der Waals surface area contributed by atoms with Crippen LogP contribution in [-0.4, -0.2) is 57.5 Å². The van der Waals surface area contributed by atoms with E-state index in [9.17, 15) is 18.0 Å². The van der Waals surface area contributed by atoms with E-state index < -0.39 is 34.5 Å². The Morgan fingerprint density at radius 3 is 2.09 bits per heavy atom. The van der Waals surface area contributed by atoms with Crippen LogP contribution in [0.4, 0.5) is 0 Å². The van der Waals surface area contributed by atoms with Gasteiger partial charge in [0, 0.05) is 13.1 Å². The van der Waals surface area contributed by atoms with Crippen LogP contribution in [-0.2, 0) is 24.3 Å². The Morgan fingerprint density at radius 2 is 1.49 bits per heavy atom. The zero-order chi connectivity index (χ0) is 24.7. The lowest BCUT2D eigenvalue weighted by Crippen LogP contribution is -2.40. The molecule has 1 heterocycles. The highest BCUT2D eigenvalue weighted by Gasteiger charge is 2.27. The molecule has 1 aliphatic heterocycles. The molecule has 1 amide bonds. The molecule has 8 nitrogen and oxygen atoms in total. The SMILES string of the molecule is O=C(COC(=O)c1cccc(S(=O)(=O)N2CCOCC2)c1)NC(c1ccccc1)c1ccccc1. The van der Waals surface area contributed by atoms with E-state index in [2.05, 4.69) is 5.32 Å². The second-order valence-electron chi connectivity index (χ2n) is 7.94. The van der Waals surface area contributed by atoms with Crippen molar-refractivity contribution in [1.29, 1.82) is 0 Å². The minimum absolute atomic E-state index is 0.00785. The Bertz CT molecular complexity index is 1220. The Morgan fingerprint density at radius 1 is 0.886 bits per heavy atom. The smallest absolute Gasteiger partial charge is 0.338 e. The first kappa shape index (κ1) is 24.6. The highest BCUT2D eigenvalue weighted by Crippen LogP contribution is 2.22. The molecule has 1 saturated heterocycles. The van der Waals surface area contributed by atoms with E-state index in [1.54, 1.807) is 0 Å². The number of carbonyl (C=O) groups excluding carboxylic acids is 2. The maximum atomic E-state index is 12.9. The summed E-state index contributed by atoms with van der Waals surface area (Å²) in [5.41, 5.74) is 1.83. The van der Waals surface area contributed by atoms with Gasteiger partial charge in [0.25, 0.3) is 5.91 Å². The van der Waals surface area contributed by atoms with Gasteiger partial charge in [-0.15, -0.1) is 0 Å². The number of nitrogens with one attached hydrogen (secondary N) is 1. The molecule has 0 spiro atoms. The van der Waals surface area contributed by atoms with Crippen LogP contribution in [0.3, 0.4) is 0 Å². The molecular weight excluding hydrogens is 468 g/mol. The van der Waals surface area contributed by atoms with Crippen molar-refractivity contribution in [2.24, 2.45) is 0 Å². The molecule has 3 aromatic rings. The summed E-state index contributed by atoms with van der Waals surface area (Å²) < 4.78 is 37.5. The molecule has 1 fully saturated rings. The van der Waals surface area contributed by atoms with Crippen molar-refractivity contribution in [2.75, 3.05) is 32.9 Å². The fourth-order valence-electron chi connectivity index (χ4n) is 3.79. The highest BCUT2D eigenvalue weighted by atomic mass is 32.2. The number of rotatable bonds is 8. The third-order valence-corrected chi connectivity index (χ3v) is 7.48. The summed E-state index contributed by atoms with van der Waals surface area (Å²) >= 11 is 0. The van der Waals surface area contributed by atoms with Gasteiger partial charge in [-0.25, -0.2) is 13.2 Å². The molecule has 0 bridgehead atoms. The molecule has 0 radical (unpaired) electrons. The minimum atomic E-state index is -3.76. The molecule has 9 heteroatoms. The molecule has 0 aromatic heterocycles. The number of hydrogen-bond donors (Lipinski definition) is 1. The zero-order valence-electron chi connectivity index (χ0n) is 19.0. The predicted octanol–water partition coefficient (Wildman–Crippen LogP) is 2.77. The highest BCUT2D eigenvalue weighted by molar-refractivity contribution is 7.89. The largest absolute Gasteiger partial charge is 0.452 e. The summed E-state index contributed by atoms with van der Waals surface area (Å²) in [6.45, 7) is 0.643. The van der Waals surface area contributed by atoms with Gasteiger partial charge in [0.2, 0.25) is 10.0 Å². The molecule has 182 valence electrons. The second-order valence-corrected chi connectivity index (χ2v) is 9.88. The lowest BCUT2D eigenvalue weighted by molar-refractivity contribution is -0.124. The number of hydrogen-bond acceptors (Lipinski definition) is 6. The molecule has 3 aromatic carbocycles. The summed E-state index contributed by atoms with van der Waals surface area (Å²) in [7, 11) is -3.76. The number of esters is 1. The zero-order valence-corrected chi connectivity index (χ0v) is 19.8. The lowest BCUT2D eigenvalue weighted by Gasteiger charge is -2.26. The minimum Gasteiger partial charge on any atom is -0.452 e. The van der Waals surface area contributed by atoms with Gasteiger partial charge in [0.05, 0.1) is 29.7 Å². The number of ether oxygens (including phenoxy) is 2. The topological polar surface area (TPSA) is 102 Å². The Hall–Kier alpha value is -3.53. The van der Waals surface area contributed by atoms with E-state index in [0.717, 1.165) is 11.1 Å². The molecule has 0 aliphatic carbocycles. The first-order valence-corrected chi connectivity index (χ1v) is 12.6. The fraction of sp³-hybridized carbons (Fsp3) is 0.231. The number of amides is 1. The second kappa shape index (κ2) is 11.3. The van der Waals surface area contributed by atoms with Crippen molar-refractivity contribution in [3.8, 4) is 0 Å². The van der Waals surface area contributed by atoms with Gasteiger partial charge in [0.1, 0.15) is 0 Å². The van der Waals surface area contributed by atoms with Gasteiger partial charge < -0.3 is 14.8 Å². The molecule has 0 saturated carbocycles. The van der Waals surface area contributed by atoms with Gasteiger partial charge in [0.15, 0.2) is 6.61 Å². The first-order valence-electron chi connectivity index (χ1n) is 11.2. The van der Waals surface area contributed by atoms with Crippen molar-refractivity contribution in [2.45, 2.75) is 10.9 Å². The normalized spacial score (nSPS) is 14.4. The third kappa shape index (κ3) is 6.13. The summed E-state index contributed by atoms with van der Waals surface area (Å²) in [5.74, 6) is -1.26. The Labute approximate surface area is 204 Å². The molecule has 0 atom stereocenters. The maximum absolute atomic E-state index is 12.9. The molecule has 1 aliphatic rings. The molecular formula is C26H26N2O6S. The number of sulfonamides is 1. The van der Waals surface area contributed by atoms with Gasteiger partial charge in [-0.05, 0) is 29.3 Å². The van der Waals surface area contributed by atoms with E-state index >= 15 is 0 Å². The van der Waals surface area contributed by atoms with Crippen molar-refractivity contribution in [1.82, 2.24) is 9.62 Å². The van der Waals surface area contributed by atoms with Crippen molar-refractivity contribution >= 4 is 21.9 Å². The number of morpholine rings is 1. The molecule has 35 heavy (non-hydrogen) atoms. The summed E-state index contributed by atoms with van der Waals surface area (Å²) in [4.78, 5) is 25.3. The summed E-state index contributed by atoms with van der Waals surface area (Å²) in [5, 5.41) is 2.90. The third-order valence-electron chi connectivity index (χ3n) is 5.58. The predicted molar refractivity (Wildman–Crippen MR) is 129 cm³/mol. The Balaban J connectivity index is 1.42. The van der Waals surface area contributed by atoms with Crippen LogP contribution in [0, 0.1) is 0 Å². The standard InChI is InChI=1S/C26H26N2O6S/c29-24(27-25(20-8-3-1-4-9-20)21-10-5-2-6-11-21)19-34-26(30)22-12-7-13-23(18-22)35(31,32)28-14-16-33-17-15-28/h1-13,18,25H,14-17,19H2,(H,27,29). The van der Waals surface area contributed by atoms with Crippen LogP contribution in [0.1, 0.15) is 27.5 Å². The van der Waals surface area contributed by atoms with Gasteiger partial charge in [-0.1, -0.05) is 66.7 Å². The average Bonchev–Trinajstić information content (AvgIpc) is 2.92. The quantitative estimate of drug-likeness (QED) is 0.483. The number of carbonyl (C=O) groups is 2. The van der Waals surface area contributed by atoms with Crippen LogP contribution in [0.2, 0.25) is 0 Å². The molecule has 1 N–H and O–H groups in total. The van der Waals surface area contributed by atoms with E-state index in [0.29, 0.717) is 13.2 Å². The first-order chi connectivity index (χ1) is 16.9. The van der Waals surface area contributed by atoms with E-state index in [4.69, 9.17) is 9.47 Å². The maximum Gasteiger partial charge on any atom is 0.338 e. The van der Waals surface area contributed by atoms with Crippen molar-refractivity contribution in [3.63, 3.8) is 0 Å².